The molecule has 0 unspecified atom stereocenters. The van der Waals surface area contributed by atoms with E-state index in [1.165, 1.54) is 12.3 Å². The van der Waals surface area contributed by atoms with E-state index in [2.05, 4.69) is 36.7 Å². The van der Waals surface area contributed by atoms with Crippen LogP contribution in [0.15, 0.2) is 92.6 Å². The number of amides is 1. The van der Waals surface area contributed by atoms with Crippen LogP contribution in [0.25, 0.3) is 0 Å². The Bertz CT molecular complexity index is 1050. The lowest BCUT2D eigenvalue weighted by molar-refractivity contribution is -0.129. The number of phenolic OH excluding ortho intramolecular Hbond substituents is 1. The van der Waals surface area contributed by atoms with Crippen LogP contribution in [-0.4, -0.2) is 22.3 Å². The Balaban J connectivity index is 1.67. The molecule has 0 aromatic heterocycles. The van der Waals surface area contributed by atoms with Crippen LogP contribution < -0.4 is 5.43 Å². The summed E-state index contributed by atoms with van der Waals surface area (Å²) in [4.78, 5) is 12.0. The van der Waals surface area contributed by atoms with Crippen molar-refractivity contribution in [1.29, 1.82) is 0 Å². The zero-order chi connectivity index (χ0) is 20.6. The van der Waals surface area contributed by atoms with Gasteiger partial charge in [0.25, 0.3) is 5.91 Å². The predicted octanol–water partition coefficient (Wildman–Crippen LogP) is 4.75. The second kappa shape index (κ2) is 9.72. The van der Waals surface area contributed by atoms with E-state index < -0.39 is 12.0 Å². The molecule has 0 saturated carbocycles. The Morgan fingerprint density at radius 2 is 1.69 bits per heavy atom. The highest BCUT2D eigenvalue weighted by Gasteiger charge is 2.16. The molecule has 0 heterocycles. The minimum Gasteiger partial charge on any atom is -0.507 e. The van der Waals surface area contributed by atoms with Gasteiger partial charge in [0.2, 0.25) is 0 Å². The molecule has 8 heteroatoms. The van der Waals surface area contributed by atoms with Crippen LogP contribution in [0.3, 0.4) is 0 Å². The van der Waals surface area contributed by atoms with Gasteiger partial charge in [-0.15, -0.1) is 0 Å². The summed E-state index contributed by atoms with van der Waals surface area (Å²) in [6.07, 6.45) is -0.0735. The van der Waals surface area contributed by atoms with Crippen LogP contribution in [-0.2, 0) is 4.79 Å². The zero-order valence-electron chi connectivity index (χ0n) is 15.1. The van der Waals surface area contributed by atoms with Crippen molar-refractivity contribution in [2.75, 3.05) is 0 Å². The summed E-state index contributed by atoms with van der Waals surface area (Å²) in [6, 6.07) is 20.5. The number of carbonyl (C=O) groups excluding carboxylic acids is 1. The molecule has 29 heavy (non-hydrogen) atoms. The first-order valence-corrected chi connectivity index (χ1v) is 9.38. The van der Waals surface area contributed by atoms with E-state index in [0.717, 1.165) is 4.47 Å². The second-order valence-electron chi connectivity index (χ2n) is 5.97. The molecule has 1 amide bonds. The third kappa shape index (κ3) is 5.81. The average Bonchev–Trinajstić information content (AvgIpc) is 2.74. The smallest absolute Gasteiger partial charge is 0.273 e. The number of nitrogens with zero attached hydrogens (tertiary/aromatic N) is 3. The Hall–Kier alpha value is -3.36. The quantitative estimate of drug-likeness (QED) is 0.285. The fourth-order valence-corrected chi connectivity index (χ4v) is 2.76. The van der Waals surface area contributed by atoms with Crippen molar-refractivity contribution in [2.45, 2.75) is 6.10 Å². The van der Waals surface area contributed by atoms with Gasteiger partial charge in [0, 0.05) is 10.0 Å². The van der Waals surface area contributed by atoms with Gasteiger partial charge in [0.15, 0.2) is 6.10 Å². The summed E-state index contributed by atoms with van der Waals surface area (Å²) in [5.74, 6) is -0.717. The van der Waals surface area contributed by atoms with Gasteiger partial charge in [-0.2, -0.15) is 15.3 Å². The molecule has 3 N–H and O–H groups in total. The van der Waals surface area contributed by atoms with E-state index in [1.54, 1.807) is 42.5 Å². The van der Waals surface area contributed by atoms with Gasteiger partial charge in [0.1, 0.15) is 5.75 Å². The van der Waals surface area contributed by atoms with Gasteiger partial charge in [-0.1, -0.05) is 52.3 Å². The fraction of sp³-hybridized carbons (Fsp3) is 0.0476. The van der Waals surface area contributed by atoms with Gasteiger partial charge in [-0.25, -0.2) is 5.43 Å². The summed E-state index contributed by atoms with van der Waals surface area (Å²) in [5.41, 5.74) is 4.22. The number of aromatic hydroxyl groups is 1. The molecule has 1 atom stereocenters. The minimum absolute atomic E-state index is 0.0342. The largest absolute Gasteiger partial charge is 0.507 e. The molecule has 0 aliphatic rings. The molecular formula is C21H17BrN4O3. The number of hydrogen-bond acceptors (Lipinski definition) is 6. The number of rotatable bonds is 6. The lowest BCUT2D eigenvalue weighted by atomic mass is 10.1. The molecule has 0 saturated heterocycles. The average molecular weight is 453 g/mol. The van der Waals surface area contributed by atoms with Gasteiger partial charge in [-0.05, 0) is 42.0 Å². The van der Waals surface area contributed by atoms with E-state index in [-0.39, 0.29) is 5.75 Å². The SMILES string of the molecule is O=C(N/N=C\c1cc(N=Nc2cccc(Br)c2)ccc1O)[C@@H](O)c1ccccc1. The highest BCUT2D eigenvalue weighted by Crippen LogP contribution is 2.25. The number of azo groups is 1. The molecule has 0 aliphatic heterocycles. The first kappa shape index (κ1) is 20.4. The van der Waals surface area contributed by atoms with Gasteiger partial charge >= 0.3 is 0 Å². The minimum atomic E-state index is -1.34. The van der Waals surface area contributed by atoms with Crippen LogP contribution >= 0.6 is 15.9 Å². The first-order valence-electron chi connectivity index (χ1n) is 8.59. The maximum atomic E-state index is 12.0. The van der Waals surface area contributed by atoms with Crippen molar-refractivity contribution in [3.05, 3.63) is 88.4 Å². The predicted molar refractivity (Wildman–Crippen MR) is 114 cm³/mol. The van der Waals surface area contributed by atoms with Crippen molar-refractivity contribution in [3.63, 3.8) is 0 Å². The molecule has 0 radical (unpaired) electrons. The number of aliphatic hydroxyl groups excluding tert-OH is 1. The number of halogens is 1. The number of phenols is 1. The Kier molecular flexibility index (Phi) is 6.83. The highest BCUT2D eigenvalue weighted by atomic mass is 79.9. The fourth-order valence-electron chi connectivity index (χ4n) is 2.37. The molecule has 3 rings (SSSR count). The summed E-state index contributed by atoms with van der Waals surface area (Å²) < 4.78 is 0.890. The Labute approximate surface area is 175 Å². The number of aliphatic hydroxyl groups is 1. The molecule has 146 valence electrons. The standard InChI is InChI=1S/C21H17BrN4O3/c22-16-7-4-8-17(12-16)24-25-18-9-10-19(27)15(11-18)13-23-26-21(29)20(28)14-5-2-1-3-6-14/h1-13,20,27-28H,(H,26,29)/b23-13-,25-24?/t20-/m0/s1. The van der Waals surface area contributed by atoms with E-state index in [1.807, 2.05) is 24.3 Å². The van der Waals surface area contributed by atoms with Crippen LogP contribution in [0, 0.1) is 0 Å². The zero-order valence-corrected chi connectivity index (χ0v) is 16.7. The monoisotopic (exact) mass is 452 g/mol. The number of nitrogens with one attached hydrogen (secondary N) is 1. The maximum absolute atomic E-state index is 12.0. The lowest BCUT2D eigenvalue weighted by Crippen LogP contribution is -2.25. The van der Waals surface area contributed by atoms with Crippen LogP contribution in [0.1, 0.15) is 17.2 Å². The third-order valence-corrected chi connectivity index (χ3v) is 4.34. The van der Waals surface area contributed by atoms with Gasteiger partial charge in [-0.3, -0.25) is 4.79 Å². The normalized spacial score (nSPS) is 12.3. The summed E-state index contributed by atoms with van der Waals surface area (Å²) in [5, 5.41) is 32.1. The van der Waals surface area contributed by atoms with Crippen LogP contribution in [0.2, 0.25) is 0 Å². The lowest BCUT2D eigenvalue weighted by Gasteiger charge is -2.08. The topological polar surface area (TPSA) is 107 Å². The maximum Gasteiger partial charge on any atom is 0.273 e. The summed E-state index contributed by atoms with van der Waals surface area (Å²) >= 11 is 3.37. The van der Waals surface area contributed by atoms with Gasteiger partial charge in [0.05, 0.1) is 17.6 Å². The molecule has 0 spiro atoms. The van der Waals surface area contributed by atoms with Crippen molar-refractivity contribution < 1.29 is 15.0 Å². The van der Waals surface area contributed by atoms with E-state index in [0.29, 0.717) is 22.5 Å². The molecule has 0 fully saturated rings. The van der Waals surface area contributed by atoms with Crippen molar-refractivity contribution >= 4 is 39.4 Å². The number of hydrazone groups is 1. The second-order valence-corrected chi connectivity index (χ2v) is 6.89. The molecule has 7 nitrogen and oxygen atoms in total. The van der Waals surface area contributed by atoms with Crippen molar-refractivity contribution in [2.24, 2.45) is 15.3 Å². The van der Waals surface area contributed by atoms with Crippen molar-refractivity contribution in [3.8, 4) is 5.75 Å². The molecule has 3 aromatic rings. The third-order valence-electron chi connectivity index (χ3n) is 3.84. The number of carbonyl (C=O) groups is 1. The van der Waals surface area contributed by atoms with E-state index in [4.69, 9.17) is 0 Å². The van der Waals surface area contributed by atoms with Crippen LogP contribution in [0.4, 0.5) is 11.4 Å². The molecule has 0 bridgehead atoms. The Morgan fingerprint density at radius 1 is 0.966 bits per heavy atom. The van der Waals surface area contributed by atoms with Gasteiger partial charge < -0.3 is 10.2 Å². The summed E-state index contributed by atoms with van der Waals surface area (Å²) in [7, 11) is 0. The highest BCUT2D eigenvalue weighted by molar-refractivity contribution is 9.10. The van der Waals surface area contributed by atoms with E-state index >= 15 is 0 Å². The van der Waals surface area contributed by atoms with E-state index in [9.17, 15) is 15.0 Å². The first-order chi connectivity index (χ1) is 14.0. The molecular weight excluding hydrogens is 436 g/mol. The molecule has 3 aromatic carbocycles. The number of benzene rings is 3. The number of hydrogen-bond donors (Lipinski definition) is 3. The summed E-state index contributed by atoms with van der Waals surface area (Å²) in [6.45, 7) is 0. The van der Waals surface area contributed by atoms with Crippen LogP contribution in [0.5, 0.6) is 5.75 Å². The Morgan fingerprint density at radius 3 is 2.41 bits per heavy atom. The van der Waals surface area contributed by atoms with Crippen molar-refractivity contribution in [1.82, 2.24) is 5.43 Å². The molecule has 0 aliphatic carbocycles.